The van der Waals surface area contributed by atoms with Crippen LogP contribution < -0.4 is 9.46 Å². The minimum Gasteiger partial charge on any atom is -0.493 e. The molecule has 4 rings (SSSR count). The molecule has 7 heteroatoms. The third-order valence-corrected chi connectivity index (χ3v) is 7.23. The molecule has 0 aliphatic carbocycles. The zero-order chi connectivity index (χ0) is 17.3. The molecule has 1 saturated heterocycles. The van der Waals surface area contributed by atoms with Crippen molar-refractivity contribution < 1.29 is 17.9 Å². The van der Waals surface area contributed by atoms with Gasteiger partial charge in [-0.2, -0.15) is 0 Å². The van der Waals surface area contributed by atoms with Crippen molar-refractivity contribution in [1.29, 1.82) is 0 Å². The molecule has 134 valence electrons. The summed E-state index contributed by atoms with van der Waals surface area (Å²) in [6, 6.07) is 8.88. The van der Waals surface area contributed by atoms with Crippen molar-refractivity contribution in [1.82, 2.24) is 4.72 Å². The van der Waals surface area contributed by atoms with Gasteiger partial charge < -0.3 is 9.47 Å². The highest BCUT2D eigenvalue weighted by molar-refractivity contribution is 7.89. The number of benzene rings is 1. The first-order valence-electron chi connectivity index (χ1n) is 8.53. The van der Waals surface area contributed by atoms with E-state index in [1.807, 2.05) is 17.5 Å². The molecule has 5 nitrogen and oxygen atoms in total. The summed E-state index contributed by atoms with van der Waals surface area (Å²) in [6.45, 7) is 1.99. The molecule has 1 aromatic heterocycles. The molecule has 2 aliphatic rings. The van der Waals surface area contributed by atoms with Gasteiger partial charge in [-0.1, -0.05) is 6.07 Å². The molecule has 25 heavy (non-hydrogen) atoms. The molecule has 1 N–H and O–H groups in total. The largest absolute Gasteiger partial charge is 0.493 e. The van der Waals surface area contributed by atoms with Crippen LogP contribution >= 0.6 is 11.3 Å². The molecular formula is C18H21NO4S2. The van der Waals surface area contributed by atoms with Crippen molar-refractivity contribution in [3.05, 3.63) is 46.2 Å². The van der Waals surface area contributed by atoms with Gasteiger partial charge in [0.15, 0.2) is 0 Å². The second-order valence-corrected chi connectivity index (χ2v) is 9.13. The zero-order valence-electron chi connectivity index (χ0n) is 13.8. The van der Waals surface area contributed by atoms with Crippen molar-refractivity contribution in [2.24, 2.45) is 5.92 Å². The highest BCUT2D eigenvalue weighted by Crippen LogP contribution is 2.34. The van der Waals surface area contributed by atoms with Crippen LogP contribution in [-0.4, -0.2) is 28.2 Å². The summed E-state index contributed by atoms with van der Waals surface area (Å²) >= 11 is 1.59. The number of hydrogen-bond acceptors (Lipinski definition) is 5. The summed E-state index contributed by atoms with van der Waals surface area (Å²) in [5, 5.41) is 1.99. The number of sulfonamides is 1. The van der Waals surface area contributed by atoms with Gasteiger partial charge in [0.2, 0.25) is 10.0 Å². The maximum atomic E-state index is 13.0. The summed E-state index contributed by atoms with van der Waals surface area (Å²) in [4.78, 5) is 1.37. The molecule has 0 bridgehead atoms. The van der Waals surface area contributed by atoms with Crippen LogP contribution in [0.1, 0.15) is 29.3 Å². The van der Waals surface area contributed by atoms with Crippen LogP contribution in [0.4, 0.5) is 0 Å². The number of rotatable bonds is 5. The number of thiophene rings is 1. The van der Waals surface area contributed by atoms with E-state index in [1.165, 1.54) is 0 Å². The lowest BCUT2D eigenvalue weighted by Gasteiger charge is -2.30. The minimum atomic E-state index is -3.60. The van der Waals surface area contributed by atoms with Gasteiger partial charge in [0.05, 0.1) is 17.5 Å². The summed E-state index contributed by atoms with van der Waals surface area (Å²) in [7, 11) is -3.60. The van der Waals surface area contributed by atoms with E-state index in [0.717, 1.165) is 35.5 Å². The third-order valence-electron chi connectivity index (χ3n) is 4.84. The number of fused-ring (bicyclic) bond motifs is 1. The standard InChI is InChI=1S/C18H21NO4S2/c20-25(21,15-3-4-16-14(12-15)7-10-23-16)19-18(17-2-1-11-24-17)13-5-8-22-9-6-13/h1-4,11-13,18-19H,5-10H2. The molecule has 0 spiro atoms. The molecule has 3 heterocycles. The van der Waals surface area contributed by atoms with Crippen LogP contribution in [0, 0.1) is 5.92 Å². The van der Waals surface area contributed by atoms with Crippen LogP contribution in [0.5, 0.6) is 5.75 Å². The molecule has 1 atom stereocenters. The average Bonchev–Trinajstić information content (AvgIpc) is 3.31. The van der Waals surface area contributed by atoms with E-state index in [4.69, 9.17) is 9.47 Å². The van der Waals surface area contributed by atoms with Crippen LogP contribution in [-0.2, 0) is 21.2 Å². The maximum Gasteiger partial charge on any atom is 0.241 e. The van der Waals surface area contributed by atoms with Crippen molar-refractivity contribution in [3.8, 4) is 5.75 Å². The van der Waals surface area contributed by atoms with Gasteiger partial charge in [-0.15, -0.1) is 11.3 Å². The summed E-state index contributed by atoms with van der Waals surface area (Å²) in [5.74, 6) is 1.04. The monoisotopic (exact) mass is 379 g/mol. The van der Waals surface area contributed by atoms with Gasteiger partial charge in [0.25, 0.3) is 0 Å². The predicted molar refractivity (Wildman–Crippen MR) is 96.6 cm³/mol. The lowest BCUT2D eigenvalue weighted by molar-refractivity contribution is 0.0568. The zero-order valence-corrected chi connectivity index (χ0v) is 15.4. The second kappa shape index (κ2) is 7.07. The topological polar surface area (TPSA) is 64.6 Å². The molecule has 0 amide bonds. The van der Waals surface area contributed by atoms with E-state index < -0.39 is 10.0 Å². The Labute approximate surface area is 152 Å². The first kappa shape index (κ1) is 17.0. The Hall–Kier alpha value is -1.41. The highest BCUT2D eigenvalue weighted by atomic mass is 32.2. The van der Waals surface area contributed by atoms with Gasteiger partial charge in [-0.25, -0.2) is 13.1 Å². The Balaban J connectivity index is 1.62. The SMILES string of the molecule is O=S(=O)(NC(c1cccs1)C1CCOCC1)c1ccc2c(c1)CCO2. The average molecular weight is 380 g/mol. The molecule has 2 aliphatic heterocycles. The Morgan fingerprint density at radius 1 is 1.16 bits per heavy atom. The Kier molecular flexibility index (Phi) is 4.82. The molecule has 1 aromatic carbocycles. The van der Waals surface area contributed by atoms with Crippen molar-refractivity contribution in [2.75, 3.05) is 19.8 Å². The second-order valence-electron chi connectivity index (χ2n) is 6.43. The third kappa shape index (κ3) is 3.60. The molecule has 2 aromatic rings. The van der Waals surface area contributed by atoms with Gasteiger partial charge in [0.1, 0.15) is 5.75 Å². The van der Waals surface area contributed by atoms with E-state index in [9.17, 15) is 8.42 Å². The Morgan fingerprint density at radius 3 is 2.76 bits per heavy atom. The number of ether oxygens (including phenoxy) is 2. The summed E-state index contributed by atoms with van der Waals surface area (Å²) < 4.78 is 39.9. The minimum absolute atomic E-state index is 0.210. The van der Waals surface area contributed by atoms with E-state index >= 15 is 0 Å². The molecular weight excluding hydrogens is 358 g/mol. The fourth-order valence-electron chi connectivity index (χ4n) is 3.47. The van der Waals surface area contributed by atoms with E-state index in [2.05, 4.69) is 4.72 Å². The van der Waals surface area contributed by atoms with Crippen molar-refractivity contribution >= 4 is 21.4 Å². The Bertz CT molecular complexity index is 827. The lowest BCUT2D eigenvalue weighted by Crippen LogP contribution is -2.35. The number of nitrogens with one attached hydrogen (secondary N) is 1. The lowest BCUT2D eigenvalue weighted by atomic mass is 9.91. The fourth-order valence-corrected chi connectivity index (χ4v) is 5.75. The fraction of sp³-hybridized carbons (Fsp3) is 0.444. The van der Waals surface area contributed by atoms with Crippen molar-refractivity contribution in [2.45, 2.75) is 30.2 Å². The first-order valence-corrected chi connectivity index (χ1v) is 10.9. The van der Waals surface area contributed by atoms with Gasteiger partial charge >= 0.3 is 0 Å². The van der Waals surface area contributed by atoms with Crippen LogP contribution in [0.15, 0.2) is 40.6 Å². The molecule has 0 saturated carbocycles. The molecule has 1 unspecified atom stereocenters. The summed E-state index contributed by atoms with van der Waals surface area (Å²) in [6.07, 6.45) is 2.49. The first-order chi connectivity index (χ1) is 12.1. The van der Waals surface area contributed by atoms with Gasteiger partial charge in [-0.3, -0.25) is 0 Å². The Morgan fingerprint density at radius 2 is 2.00 bits per heavy atom. The van der Waals surface area contributed by atoms with Gasteiger partial charge in [-0.05, 0) is 54.0 Å². The normalized spacial score (nSPS) is 19.4. The van der Waals surface area contributed by atoms with Gasteiger partial charge in [0, 0.05) is 24.5 Å². The van der Waals surface area contributed by atoms with E-state index in [-0.39, 0.29) is 12.0 Å². The van der Waals surface area contributed by atoms with Crippen LogP contribution in [0.2, 0.25) is 0 Å². The smallest absolute Gasteiger partial charge is 0.241 e. The number of hydrogen-bond donors (Lipinski definition) is 1. The molecule has 0 radical (unpaired) electrons. The summed E-state index contributed by atoms with van der Waals surface area (Å²) in [5.41, 5.74) is 0.960. The van der Waals surface area contributed by atoms with E-state index in [1.54, 1.807) is 29.5 Å². The van der Waals surface area contributed by atoms with Crippen LogP contribution in [0.25, 0.3) is 0 Å². The predicted octanol–water partition coefficient (Wildman–Crippen LogP) is 3.13. The van der Waals surface area contributed by atoms with Crippen LogP contribution in [0.3, 0.4) is 0 Å². The van der Waals surface area contributed by atoms with E-state index in [0.29, 0.717) is 24.7 Å². The highest BCUT2D eigenvalue weighted by Gasteiger charge is 2.31. The van der Waals surface area contributed by atoms with Crippen molar-refractivity contribution in [3.63, 3.8) is 0 Å². The maximum absolute atomic E-state index is 13.0. The molecule has 1 fully saturated rings. The quantitative estimate of drug-likeness (QED) is 0.867.